The van der Waals surface area contributed by atoms with E-state index >= 15 is 0 Å². The Bertz CT molecular complexity index is 966. The molecule has 1 aliphatic heterocycles. The molecule has 136 valence electrons. The second-order valence-corrected chi connectivity index (χ2v) is 8.59. The van der Waals surface area contributed by atoms with Crippen molar-refractivity contribution in [3.05, 3.63) is 41.0 Å². The number of ether oxygens (including phenoxy) is 1. The van der Waals surface area contributed by atoms with Crippen molar-refractivity contribution in [2.24, 2.45) is 0 Å². The van der Waals surface area contributed by atoms with Crippen molar-refractivity contribution in [2.75, 3.05) is 12.3 Å². The van der Waals surface area contributed by atoms with Crippen LogP contribution in [0.5, 0.6) is 0 Å². The minimum Gasteiger partial charge on any atom is -0.444 e. The minimum absolute atomic E-state index is 0.253. The SMILES string of the molecule is CC(C)(C)OC(=O)N1CCc2c(sc3nc(-c4ccc(N)cc4)cn23)C1. The molecule has 4 rings (SSSR count). The van der Waals surface area contributed by atoms with E-state index in [0.29, 0.717) is 13.1 Å². The molecule has 0 saturated carbocycles. The summed E-state index contributed by atoms with van der Waals surface area (Å²) in [5.74, 6) is 0. The Morgan fingerprint density at radius 1 is 1.27 bits per heavy atom. The van der Waals surface area contributed by atoms with Crippen LogP contribution in [0.1, 0.15) is 31.3 Å². The monoisotopic (exact) mass is 370 g/mol. The Kier molecular flexibility index (Phi) is 3.91. The van der Waals surface area contributed by atoms with E-state index in [-0.39, 0.29) is 6.09 Å². The van der Waals surface area contributed by atoms with Gasteiger partial charge in [0.1, 0.15) is 5.60 Å². The van der Waals surface area contributed by atoms with Gasteiger partial charge in [-0.05, 0) is 32.9 Å². The van der Waals surface area contributed by atoms with E-state index in [4.69, 9.17) is 15.5 Å². The molecule has 0 bridgehead atoms. The topological polar surface area (TPSA) is 72.9 Å². The van der Waals surface area contributed by atoms with Crippen LogP contribution in [0.4, 0.5) is 10.5 Å². The molecule has 3 aromatic rings. The van der Waals surface area contributed by atoms with E-state index in [2.05, 4.69) is 10.6 Å². The number of thiazole rings is 1. The molecule has 0 radical (unpaired) electrons. The average molecular weight is 370 g/mol. The number of carbonyl (C=O) groups is 1. The minimum atomic E-state index is -0.477. The first-order valence-corrected chi connectivity index (χ1v) is 9.45. The van der Waals surface area contributed by atoms with Gasteiger partial charge in [-0.25, -0.2) is 9.78 Å². The summed E-state index contributed by atoms with van der Waals surface area (Å²) in [6, 6.07) is 7.74. The molecule has 1 aliphatic rings. The first-order chi connectivity index (χ1) is 12.3. The lowest BCUT2D eigenvalue weighted by atomic mass is 10.1. The van der Waals surface area contributed by atoms with Gasteiger partial charge in [-0.3, -0.25) is 4.40 Å². The maximum absolute atomic E-state index is 12.3. The third-order valence-corrected chi connectivity index (χ3v) is 5.39. The van der Waals surface area contributed by atoms with E-state index in [1.807, 2.05) is 45.0 Å². The summed E-state index contributed by atoms with van der Waals surface area (Å²) in [4.78, 5) is 21.0. The van der Waals surface area contributed by atoms with Crippen LogP contribution in [0.15, 0.2) is 30.5 Å². The summed E-state index contributed by atoms with van der Waals surface area (Å²) in [7, 11) is 0. The smallest absolute Gasteiger partial charge is 0.410 e. The van der Waals surface area contributed by atoms with Gasteiger partial charge in [0.05, 0.1) is 12.2 Å². The van der Waals surface area contributed by atoms with Crippen molar-refractivity contribution in [3.63, 3.8) is 0 Å². The summed E-state index contributed by atoms with van der Waals surface area (Å²) in [6.07, 6.45) is 2.61. The van der Waals surface area contributed by atoms with Crippen LogP contribution in [0.25, 0.3) is 16.2 Å². The molecule has 1 aromatic carbocycles. The number of imidazole rings is 1. The standard InChI is InChI=1S/C19H22N4O2S/c1-19(2,3)25-18(24)22-9-8-15-16(11-22)26-17-21-14(10-23(15)17)12-4-6-13(20)7-5-12/h4-7,10H,8-9,11,20H2,1-3H3. The molecule has 0 unspecified atom stereocenters. The molecule has 0 aliphatic carbocycles. The highest BCUT2D eigenvalue weighted by Gasteiger charge is 2.28. The maximum atomic E-state index is 12.3. The Hall–Kier alpha value is -2.54. The molecule has 0 fully saturated rings. The lowest BCUT2D eigenvalue weighted by molar-refractivity contribution is 0.0225. The number of carbonyl (C=O) groups excluding carboxylic acids is 1. The van der Waals surface area contributed by atoms with Gasteiger partial charge in [0, 0.05) is 41.0 Å². The number of benzene rings is 1. The second kappa shape index (κ2) is 6.02. The van der Waals surface area contributed by atoms with Crippen molar-refractivity contribution in [1.82, 2.24) is 14.3 Å². The Balaban J connectivity index is 1.59. The largest absolute Gasteiger partial charge is 0.444 e. The van der Waals surface area contributed by atoms with Crippen molar-refractivity contribution in [2.45, 2.75) is 39.3 Å². The predicted octanol–water partition coefficient (Wildman–Crippen LogP) is 3.94. The van der Waals surface area contributed by atoms with Crippen LogP contribution in [-0.4, -0.2) is 32.5 Å². The van der Waals surface area contributed by atoms with Crippen molar-refractivity contribution in [1.29, 1.82) is 0 Å². The van der Waals surface area contributed by atoms with E-state index in [1.165, 1.54) is 10.6 Å². The number of amides is 1. The Morgan fingerprint density at radius 3 is 2.69 bits per heavy atom. The quantitative estimate of drug-likeness (QED) is 0.659. The molecule has 3 heterocycles. The van der Waals surface area contributed by atoms with Crippen LogP contribution in [0.3, 0.4) is 0 Å². The van der Waals surface area contributed by atoms with Crippen LogP contribution >= 0.6 is 11.3 Å². The Labute approximate surface area is 156 Å². The zero-order valence-corrected chi connectivity index (χ0v) is 16.0. The average Bonchev–Trinajstić information content (AvgIpc) is 3.11. The number of nitrogens with two attached hydrogens (primary N) is 1. The van der Waals surface area contributed by atoms with Crippen molar-refractivity contribution in [3.8, 4) is 11.3 Å². The fourth-order valence-electron chi connectivity index (χ4n) is 3.08. The van der Waals surface area contributed by atoms with Gasteiger partial charge in [0.2, 0.25) is 0 Å². The highest BCUT2D eigenvalue weighted by atomic mass is 32.1. The molecule has 0 saturated heterocycles. The van der Waals surface area contributed by atoms with E-state index in [9.17, 15) is 4.79 Å². The lowest BCUT2D eigenvalue weighted by Crippen LogP contribution is -2.39. The number of hydrogen-bond acceptors (Lipinski definition) is 5. The molecule has 6 nitrogen and oxygen atoms in total. The summed E-state index contributed by atoms with van der Waals surface area (Å²) in [6.45, 7) is 6.90. The number of anilines is 1. The number of aromatic nitrogens is 2. The van der Waals surface area contributed by atoms with Gasteiger partial charge in [-0.15, -0.1) is 0 Å². The summed E-state index contributed by atoms with van der Waals surface area (Å²) < 4.78 is 7.64. The number of nitrogens with zero attached hydrogens (tertiary/aromatic N) is 3. The van der Waals surface area contributed by atoms with Gasteiger partial charge < -0.3 is 15.4 Å². The third kappa shape index (κ3) is 3.14. The van der Waals surface area contributed by atoms with Crippen LogP contribution < -0.4 is 5.73 Å². The Morgan fingerprint density at radius 2 is 2.00 bits per heavy atom. The van der Waals surface area contributed by atoms with Crippen LogP contribution in [-0.2, 0) is 17.7 Å². The number of rotatable bonds is 1. The van der Waals surface area contributed by atoms with E-state index in [0.717, 1.165) is 28.3 Å². The first-order valence-electron chi connectivity index (χ1n) is 8.64. The fourth-order valence-corrected chi connectivity index (χ4v) is 4.25. The van der Waals surface area contributed by atoms with Crippen molar-refractivity contribution < 1.29 is 9.53 Å². The number of hydrogen-bond donors (Lipinski definition) is 1. The summed E-state index contributed by atoms with van der Waals surface area (Å²) in [5.41, 5.74) is 9.25. The second-order valence-electron chi connectivity index (χ2n) is 7.52. The van der Waals surface area contributed by atoms with Gasteiger partial charge >= 0.3 is 6.09 Å². The molecule has 1 amide bonds. The van der Waals surface area contributed by atoms with Gasteiger partial charge in [0.25, 0.3) is 0 Å². The number of fused-ring (bicyclic) bond motifs is 3. The highest BCUT2D eigenvalue weighted by Crippen LogP contribution is 2.31. The van der Waals surface area contributed by atoms with Crippen LogP contribution in [0.2, 0.25) is 0 Å². The number of nitrogen functional groups attached to an aromatic ring is 1. The zero-order chi connectivity index (χ0) is 18.5. The maximum Gasteiger partial charge on any atom is 0.410 e. The van der Waals surface area contributed by atoms with E-state index < -0.39 is 5.60 Å². The van der Waals surface area contributed by atoms with Crippen LogP contribution in [0, 0.1) is 0 Å². The first kappa shape index (κ1) is 16.9. The van der Waals surface area contributed by atoms with Crippen molar-refractivity contribution >= 4 is 28.1 Å². The normalized spacial score (nSPS) is 14.5. The molecule has 0 atom stereocenters. The summed E-state index contributed by atoms with van der Waals surface area (Å²) in [5, 5.41) is 0. The molecule has 26 heavy (non-hydrogen) atoms. The van der Waals surface area contributed by atoms with Gasteiger partial charge in [-0.2, -0.15) is 0 Å². The molecule has 2 aromatic heterocycles. The molecular weight excluding hydrogens is 348 g/mol. The van der Waals surface area contributed by atoms with Gasteiger partial charge in [0.15, 0.2) is 4.96 Å². The molecule has 7 heteroatoms. The lowest BCUT2D eigenvalue weighted by Gasteiger charge is -2.29. The van der Waals surface area contributed by atoms with E-state index in [1.54, 1.807) is 16.2 Å². The predicted molar refractivity (Wildman–Crippen MR) is 103 cm³/mol. The molecular formula is C19H22N4O2S. The fraction of sp³-hybridized carbons (Fsp3) is 0.368. The molecule has 2 N–H and O–H groups in total. The third-order valence-electron chi connectivity index (χ3n) is 4.31. The zero-order valence-electron chi connectivity index (χ0n) is 15.2. The molecule has 0 spiro atoms. The summed E-state index contributed by atoms with van der Waals surface area (Å²) >= 11 is 1.64. The van der Waals surface area contributed by atoms with Gasteiger partial charge in [-0.1, -0.05) is 23.5 Å². The highest BCUT2D eigenvalue weighted by molar-refractivity contribution is 7.17.